The summed E-state index contributed by atoms with van der Waals surface area (Å²) in [7, 11) is 0. The van der Waals surface area contributed by atoms with E-state index in [1.807, 2.05) is 6.07 Å². The highest BCUT2D eigenvalue weighted by molar-refractivity contribution is 6.03. The minimum absolute atomic E-state index is 0.0410. The van der Waals surface area contributed by atoms with Crippen molar-refractivity contribution in [2.24, 2.45) is 0 Å². The molecule has 0 aromatic heterocycles. The summed E-state index contributed by atoms with van der Waals surface area (Å²) in [5.74, 6) is 2.88. The summed E-state index contributed by atoms with van der Waals surface area (Å²) in [6.45, 7) is 15.6. The molecule has 2 aromatic rings. The monoisotopic (exact) mass is 598 g/mol. The SMILES string of the molecule is CCCCOc1ccc(CC)cc1CCC(=O)c1c(OCCCC)c(OCCCC)cc(OCCCC)c1OCCCC. The Labute approximate surface area is 261 Å². The highest BCUT2D eigenvalue weighted by Crippen LogP contribution is 2.46. The normalized spacial score (nSPS) is 10.9. The van der Waals surface area contributed by atoms with Gasteiger partial charge in [-0.25, -0.2) is 0 Å². The zero-order valence-electron chi connectivity index (χ0n) is 28.0. The Morgan fingerprint density at radius 2 is 1.00 bits per heavy atom. The number of hydrogen-bond acceptors (Lipinski definition) is 6. The van der Waals surface area contributed by atoms with E-state index in [1.54, 1.807) is 0 Å². The van der Waals surface area contributed by atoms with Gasteiger partial charge in [-0.05, 0) is 62.1 Å². The first-order chi connectivity index (χ1) is 21.0. The third-order valence-corrected chi connectivity index (χ3v) is 7.35. The van der Waals surface area contributed by atoms with E-state index < -0.39 is 0 Å². The zero-order valence-corrected chi connectivity index (χ0v) is 28.0. The Kier molecular flexibility index (Phi) is 18.4. The van der Waals surface area contributed by atoms with E-state index in [2.05, 4.69) is 59.7 Å². The van der Waals surface area contributed by atoms with Gasteiger partial charge in [-0.2, -0.15) is 0 Å². The molecule has 0 heterocycles. The van der Waals surface area contributed by atoms with Gasteiger partial charge >= 0.3 is 0 Å². The van der Waals surface area contributed by atoms with Gasteiger partial charge in [-0.1, -0.05) is 85.8 Å². The molecule has 43 heavy (non-hydrogen) atoms. The molecule has 0 aliphatic rings. The number of benzene rings is 2. The summed E-state index contributed by atoms with van der Waals surface area (Å²) in [6, 6.07) is 8.21. The molecule has 0 radical (unpaired) electrons. The van der Waals surface area contributed by atoms with Gasteiger partial charge < -0.3 is 23.7 Å². The Morgan fingerprint density at radius 1 is 0.558 bits per heavy atom. The molecule has 0 aliphatic heterocycles. The van der Waals surface area contributed by atoms with Crippen LogP contribution in [0.3, 0.4) is 0 Å². The van der Waals surface area contributed by atoms with E-state index >= 15 is 0 Å². The molecule has 2 aromatic carbocycles. The number of rotatable bonds is 25. The first-order valence-electron chi connectivity index (χ1n) is 17.0. The highest BCUT2D eigenvalue weighted by Gasteiger charge is 2.28. The molecule has 0 fully saturated rings. The van der Waals surface area contributed by atoms with Gasteiger partial charge in [0.1, 0.15) is 11.3 Å². The van der Waals surface area contributed by atoms with Gasteiger partial charge in [0.05, 0.1) is 33.0 Å². The summed E-state index contributed by atoms with van der Waals surface area (Å²) < 4.78 is 31.4. The molecule has 6 nitrogen and oxygen atoms in total. The lowest BCUT2D eigenvalue weighted by molar-refractivity contribution is 0.0971. The van der Waals surface area contributed by atoms with Crippen LogP contribution in [0.5, 0.6) is 28.7 Å². The molecule has 0 saturated carbocycles. The van der Waals surface area contributed by atoms with Crippen LogP contribution in [0.15, 0.2) is 24.3 Å². The molecule has 0 atom stereocenters. The minimum atomic E-state index is -0.0410. The van der Waals surface area contributed by atoms with E-state index in [4.69, 9.17) is 23.7 Å². The lowest BCUT2D eigenvalue weighted by atomic mass is 9.98. The number of ether oxygens (including phenoxy) is 5. The predicted molar refractivity (Wildman–Crippen MR) is 177 cm³/mol. The second-order valence-electron chi connectivity index (χ2n) is 11.1. The third kappa shape index (κ3) is 12.3. The van der Waals surface area contributed by atoms with Crippen molar-refractivity contribution in [2.45, 2.75) is 125 Å². The van der Waals surface area contributed by atoms with Crippen LogP contribution in [0, 0.1) is 0 Å². The molecule has 0 N–H and O–H groups in total. The molecule has 0 spiro atoms. The molecule has 0 unspecified atom stereocenters. The Hall–Kier alpha value is -2.89. The fraction of sp³-hybridized carbons (Fsp3) is 0.649. The van der Waals surface area contributed by atoms with E-state index in [0.29, 0.717) is 74.4 Å². The van der Waals surface area contributed by atoms with Gasteiger partial charge in [0.15, 0.2) is 28.8 Å². The number of unbranched alkanes of at least 4 members (excludes halogenated alkanes) is 5. The van der Waals surface area contributed by atoms with Crippen LogP contribution in [0.4, 0.5) is 0 Å². The van der Waals surface area contributed by atoms with Crippen LogP contribution in [-0.2, 0) is 12.8 Å². The Balaban J connectivity index is 2.57. The van der Waals surface area contributed by atoms with Crippen molar-refractivity contribution >= 4 is 5.78 Å². The van der Waals surface area contributed by atoms with E-state index in [1.165, 1.54) is 5.56 Å². The molecular formula is C37H58O6. The van der Waals surface area contributed by atoms with Crippen molar-refractivity contribution in [1.82, 2.24) is 0 Å². The summed E-state index contributed by atoms with van der Waals surface area (Å²) >= 11 is 0. The van der Waals surface area contributed by atoms with Gasteiger partial charge in [0, 0.05) is 12.5 Å². The topological polar surface area (TPSA) is 63.2 Å². The van der Waals surface area contributed by atoms with Crippen molar-refractivity contribution in [3.8, 4) is 28.7 Å². The first-order valence-corrected chi connectivity index (χ1v) is 17.0. The zero-order chi connectivity index (χ0) is 31.3. The van der Waals surface area contributed by atoms with Crippen LogP contribution in [0.25, 0.3) is 0 Å². The third-order valence-electron chi connectivity index (χ3n) is 7.35. The van der Waals surface area contributed by atoms with Crippen molar-refractivity contribution in [3.05, 3.63) is 41.0 Å². The Morgan fingerprint density at radius 3 is 1.44 bits per heavy atom. The van der Waals surface area contributed by atoms with Crippen molar-refractivity contribution < 1.29 is 28.5 Å². The predicted octanol–water partition coefficient (Wildman–Crippen LogP) is 9.96. The molecule has 0 amide bonds. The van der Waals surface area contributed by atoms with Crippen molar-refractivity contribution in [3.63, 3.8) is 0 Å². The van der Waals surface area contributed by atoms with Crippen LogP contribution in [0.2, 0.25) is 0 Å². The fourth-order valence-electron chi connectivity index (χ4n) is 4.53. The second-order valence-corrected chi connectivity index (χ2v) is 11.1. The van der Waals surface area contributed by atoms with E-state index in [-0.39, 0.29) is 5.78 Å². The van der Waals surface area contributed by atoms with Crippen LogP contribution >= 0.6 is 0 Å². The second kappa shape index (κ2) is 21.7. The lowest BCUT2D eigenvalue weighted by Gasteiger charge is -2.22. The number of carbonyl (C=O) groups excluding carboxylic acids is 1. The van der Waals surface area contributed by atoms with Crippen LogP contribution in [-0.4, -0.2) is 38.8 Å². The maximum Gasteiger partial charge on any atom is 0.176 e. The smallest absolute Gasteiger partial charge is 0.176 e. The molecule has 0 aliphatic carbocycles. The average molecular weight is 599 g/mol. The van der Waals surface area contributed by atoms with Gasteiger partial charge in [-0.3, -0.25) is 4.79 Å². The average Bonchev–Trinajstić information content (AvgIpc) is 3.02. The van der Waals surface area contributed by atoms with Gasteiger partial charge in [-0.15, -0.1) is 0 Å². The van der Waals surface area contributed by atoms with E-state index in [9.17, 15) is 4.79 Å². The number of Topliss-reactive ketones (excluding diaryl/α,β-unsaturated/α-hetero) is 1. The summed E-state index contributed by atoms with van der Waals surface area (Å²) in [5.41, 5.74) is 2.73. The standard InChI is InChI=1S/C37H58O6/c1-7-13-22-39-32-21-18-29(12-6)27-30(32)19-20-31(38)35-36(42-25-16-10-4)33(40-23-14-8-2)28-34(41-24-15-9-3)37(35)43-26-17-11-5/h18,21,27-28H,7-17,19-20,22-26H2,1-6H3. The molecule has 0 bridgehead atoms. The maximum atomic E-state index is 14.3. The first kappa shape index (κ1) is 36.3. The summed E-state index contributed by atoms with van der Waals surface area (Å²) in [6.07, 6.45) is 11.4. The molecule has 242 valence electrons. The quantitative estimate of drug-likeness (QED) is 0.0837. The van der Waals surface area contributed by atoms with E-state index in [0.717, 1.165) is 81.9 Å². The van der Waals surface area contributed by atoms with Gasteiger partial charge in [0.25, 0.3) is 0 Å². The van der Waals surface area contributed by atoms with Gasteiger partial charge in [0.2, 0.25) is 0 Å². The largest absolute Gasteiger partial charge is 0.493 e. The minimum Gasteiger partial charge on any atom is -0.493 e. The summed E-state index contributed by atoms with van der Waals surface area (Å²) in [5, 5.41) is 0. The maximum absolute atomic E-state index is 14.3. The van der Waals surface area contributed by atoms with Crippen molar-refractivity contribution in [1.29, 1.82) is 0 Å². The molecule has 2 rings (SSSR count). The fourth-order valence-corrected chi connectivity index (χ4v) is 4.53. The number of carbonyl (C=O) groups is 1. The highest BCUT2D eigenvalue weighted by atomic mass is 16.5. The Bertz CT molecular complexity index is 1020. The number of ketones is 1. The number of aryl methyl sites for hydroxylation is 2. The lowest BCUT2D eigenvalue weighted by Crippen LogP contribution is -2.14. The summed E-state index contributed by atoms with van der Waals surface area (Å²) in [4.78, 5) is 14.3. The van der Waals surface area contributed by atoms with Crippen molar-refractivity contribution in [2.75, 3.05) is 33.0 Å². The molecular weight excluding hydrogens is 540 g/mol. The van der Waals surface area contributed by atoms with Crippen LogP contribution in [0.1, 0.15) is 134 Å². The molecule has 0 saturated heterocycles. The molecule has 6 heteroatoms. The number of hydrogen-bond donors (Lipinski definition) is 0. The van der Waals surface area contributed by atoms with Crippen LogP contribution < -0.4 is 23.7 Å².